The van der Waals surface area contributed by atoms with Crippen LogP contribution in [0, 0.1) is 5.41 Å². The molecule has 0 unspecified atom stereocenters. The summed E-state index contributed by atoms with van der Waals surface area (Å²) in [6.07, 6.45) is 1.84. The Bertz CT molecular complexity index is 1390. The van der Waals surface area contributed by atoms with E-state index < -0.39 is 23.5 Å². The van der Waals surface area contributed by atoms with Crippen LogP contribution in [0.5, 0.6) is 0 Å². The summed E-state index contributed by atoms with van der Waals surface area (Å²) >= 11 is 6.34. The number of nitrogens with one attached hydrogen (secondary N) is 3. The number of carbonyl (C=O) groups excluding carboxylic acids is 3. The Hall–Kier alpha value is -3.14. The Kier molecular flexibility index (Phi) is 9.58. The summed E-state index contributed by atoms with van der Waals surface area (Å²) in [5.41, 5.74) is 3.77. The molecule has 2 aromatic carbocycles. The first kappa shape index (κ1) is 32.3. The van der Waals surface area contributed by atoms with Crippen molar-refractivity contribution in [1.29, 1.82) is 0 Å². The van der Waals surface area contributed by atoms with E-state index in [1.807, 2.05) is 71.0 Å². The average molecular weight is 624 g/mol. The highest BCUT2D eigenvalue weighted by atomic mass is 35.5. The van der Waals surface area contributed by atoms with Gasteiger partial charge in [-0.25, -0.2) is 0 Å². The summed E-state index contributed by atoms with van der Waals surface area (Å²) in [7, 11) is 1.74. The fourth-order valence-corrected chi connectivity index (χ4v) is 7.20. The van der Waals surface area contributed by atoms with Crippen LogP contribution < -0.4 is 20.9 Å². The number of hydrogen-bond donors (Lipinski definition) is 3. The van der Waals surface area contributed by atoms with Crippen LogP contribution in [0.4, 0.5) is 5.69 Å². The maximum Gasteiger partial charge on any atom is 0.246 e. The molecule has 2 heterocycles. The molecule has 2 aliphatic heterocycles. The second-order valence-electron chi connectivity index (χ2n) is 13.2. The molecule has 238 valence electrons. The number of nitrogens with zero attached hydrogens (tertiary/aromatic N) is 2. The molecule has 1 saturated heterocycles. The molecule has 1 fully saturated rings. The number of likely N-dealkylation sites (N-methyl/N-ethyl adjacent to an activating group) is 1. The summed E-state index contributed by atoms with van der Waals surface area (Å²) in [4.78, 5) is 46.1. The fourth-order valence-electron chi connectivity index (χ4n) is 7.00. The molecular weight excluding hydrogens is 578 g/mol. The lowest BCUT2D eigenvalue weighted by molar-refractivity contribution is -0.147. The zero-order valence-corrected chi connectivity index (χ0v) is 27.4. The van der Waals surface area contributed by atoms with Gasteiger partial charge in [0.1, 0.15) is 12.1 Å². The van der Waals surface area contributed by atoms with Crippen molar-refractivity contribution in [1.82, 2.24) is 20.9 Å². The number of fused-ring (bicyclic) bond motifs is 4. The average Bonchev–Trinajstić information content (AvgIpc) is 3.51. The fraction of sp³-hybridized carbons (Fsp3) is 0.559. The Morgan fingerprint density at radius 3 is 2.48 bits per heavy atom. The summed E-state index contributed by atoms with van der Waals surface area (Å²) in [6, 6.07) is 11.6. The lowest BCUT2D eigenvalue weighted by Gasteiger charge is -2.46. The number of benzene rings is 2. The van der Waals surface area contributed by atoms with Crippen LogP contribution in [-0.4, -0.2) is 79.6 Å². The van der Waals surface area contributed by atoms with Crippen LogP contribution >= 0.6 is 11.6 Å². The summed E-state index contributed by atoms with van der Waals surface area (Å²) < 4.78 is 6.09. The molecule has 5 rings (SSSR count). The van der Waals surface area contributed by atoms with Crippen LogP contribution in [0.1, 0.15) is 63.8 Å². The van der Waals surface area contributed by atoms with Crippen molar-refractivity contribution in [3.63, 3.8) is 0 Å². The molecule has 1 aliphatic carbocycles. The lowest BCUT2D eigenvalue weighted by atomic mass is 9.84. The Balaban J connectivity index is 1.47. The van der Waals surface area contributed by atoms with Gasteiger partial charge in [0.15, 0.2) is 0 Å². The van der Waals surface area contributed by atoms with Crippen LogP contribution in [0.2, 0.25) is 5.02 Å². The molecule has 3 amide bonds. The van der Waals surface area contributed by atoms with Crippen LogP contribution in [0.25, 0.3) is 0 Å². The van der Waals surface area contributed by atoms with Gasteiger partial charge in [0, 0.05) is 36.8 Å². The minimum Gasteiger partial charge on any atom is -0.376 e. The number of hydrogen-bond acceptors (Lipinski definition) is 6. The first-order valence-electron chi connectivity index (χ1n) is 15.8. The number of ether oxygens (including phenoxy) is 1. The molecule has 0 radical (unpaired) electrons. The maximum absolute atomic E-state index is 14.6. The smallest absolute Gasteiger partial charge is 0.246 e. The number of piperazine rings is 1. The van der Waals surface area contributed by atoms with Gasteiger partial charge in [-0.15, -0.1) is 0 Å². The Morgan fingerprint density at radius 1 is 1.05 bits per heavy atom. The predicted molar refractivity (Wildman–Crippen MR) is 173 cm³/mol. The third kappa shape index (κ3) is 6.32. The van der Waals surface area contributed by atoms with Crippen molar-refractivity contribution in [2.24, 2.45) is 5.41 Å². The van der Waals surface area contributed by atoms with Crippen molar-refractivity contribution in [2.45, 2.75) is 90.2 Å². The van der Waals surface area contributed by atoms with Crippen LogP contribution in [0.3, 0.4) is 0 Å². The van der Waals surface area contributed by atoms with E-state index in [9.17, 15) is 14.4 Å². The number of rotatable bonds is 9. The molecule has 44 heavy (non-hydrogen) atoms. The van der Waals surface area contributed by atoms with Crippen LogP contribution in [-0.2, 0) is 32.0 Å². The van der Waals surface area contributed by atoms with Crippen molar-refractivity contribution in [3.8, 4) is 0 Å². The van der Waals surface area contributed by atoms with E-state index in [0.29, 0.717) is 37.6 Å². The van der Waals surface area contributed by atoms with Crippen molar-refractivity contribution >= 4 is 35.0 Å². The molecule has 0 aromatic heterocycles. The Morgan fingerprint density at radius 2 is 1.80 bits per heavy atom. The number of halogens is 1. The monoisotopic (exact) mass is 623 g/mol. The van der Waals surface area contributed by atoms with Gasteiger partial charge in [0.05, 0.1) is 24.2 Å². The van der Waals surface area contributed by atoms with E-state index in [1.165, 1.54) is 0 Å². The molecule has 10 heteroatoms. The SMILES string of the molecule is CCO[C@H]1Cc2ccccc2[C@@H]1NC(=O)[C@@H]1CN2c3ccc(Cl)cc3C[C@H]2CN1C(=O)[C@@H](NC(=O)[C@H](CC)NC)C(C)(C)C. The lowest BCUT2D eigenvalue weighted by Crippen LogP contribution is -2.68. The molecule has 0 bridgehead atoms. The molecule has 9 nitrogen and oxygen atoms in total. The zero-order valence-electron chi connectivity index (χ0n) is 26.7. The molecular formula is C34H46ClN5O4. The highest BCUT2D eigenvalue weighted by Crippen LogP contribution is 2.39. The molecule has 2 aromatic rings. The molecule has 0 saturated carbocycles. The largest absolute Gasteiger partial charge is 0.376 e. The highest BCUT2D eigenvalue weighted by Gasteiger charge is 2.48. The summed E-state index contributed by atoms with van der Waals surface area (Å²) in [5, 5.41) is 10.0. The minimum atomic E-state index is -0.819. The van der Waals surface area contributed by atoms with E-state index >= 15 is 0 Å². The van der Waals surface area contributed by atoms with Gasteiger partial charge in [-0.3, -0.25) is 14.4 Å². The van der Waals surface area contributed by atoms with E-state index in [2.05, 4.69) is 26.9 Å². The molecule has 3 N–H and O–H groups in total. The second-order valence-corrected chi connectivity index (χ2v) is 13.7. The third-order valence-electron chi connectivity index (χ3n) is 9.32. The maximum atomic E-state index is 14.6. The van der Waals surface area contributed by atoms with Crippen molar-refractivity contribution in [2.75, 3.05) is 31.6 Å². The number of anilines is 1. The summed E-state index contributed by atoms with van der Waals surface area (Å²) in [5.74, 6) is -0.710. The number of carbonyl (C=O) groups is 3. The van der Waals surface area contributed by atoms with Gasteiger partial charge >= 0.3 is 0 Å². The first-order chi connectivity index (χ1) is 21.0. The quantitative estimate of drug-likeness (QED) is 0.394. The van der Waals surface area contributed by atoms with E-state index in [0.717, 1.165) is 28.8 Å². The van der Waals surface area contributed by atoms with Gasteiger partial charge < -0.3 is 30.5 Å². The topological polar surface area (TPSA) is 103 Å². The van der Waals surface area contributed by atoms with E-state index in [1.54, 1.807) is 11.9 Å². The van der Waals surface area contributed by atoms with Gasteiger partial charge in [-0.2, -0.15) is 0 Å². The minimum absolute atomic E-state index is 0.00290. The number of amides is 3. The predicted octanol–water partition coefficient (Wildman–Crippen LogP) is 3.63. The van der Waals surface area contributed by atoms with Crippen LogP contribution in [0.15, 0.2) is 42.5 Å². The second kappa shape index (κ2) is 13.1. The van der Waals surface area contributed by atoms with Gasteiger partial charge in [-0.1, -0.05) is 63.6 Å². The summed E-state index contributed by atoms with van der Waals surface area (Å²) in [6.45, 7) is 10.9. The third-order valence-corrected chi connectivity index (χ3v) is 9.56. The van der Waals surface area contributed by atoms with Gasteiger partial charge in [-0.05, 0) is 67.1 Å². The standard InChI is InChI=1S/C34H46ClN5O4/c1-7-25(36-6)31(41)38-30(34(3,4)5)33(43)40-18-23-16-21-15-22(35)13-14-26(21)39(23)19-27(40)32(42)37-29-24-12-10-9-11-20(24)17-28(29)44-8-2/h9-15,23,25,27-30,36H,7-8,16-19H2,1-6H3,(H,37,42)(H,38,41)/t23-,25-,27-,28-,29-,30+/m0/s1. The first-order valence-corrected chi connectivity index (χ1v) is 16.2. The van der Waals surface area contributed by atoms with Gasteiger partial charge in [0.2, 0.25) is 17.7 Å². The molecule has 0 spiro atoms. The molecule has 3 aliphatic rings. The normalized spacial score (nSPS) is 23.8. The molecule has 6 atom stereocenters. The van der Waals surface area contributed by atoms with E-state index in [4.69, 9.17) is 16.3 Å². The van der Waals surface area contributed by atoms with E-state index in [-0.39, 0.29) is 35.9 Å². The van der Waals surface area contributed by atoms with Crippen molar-refractivity contribution in [3.05, 3.63) is 64.2 Å². The zero-order chi connectivity index (χ0) is 31.8. The van der Waals surface area contributed by atoms with Crippen molar-refractivity contribution < 1.29 is 19.1 Å². The Labute approximate surface area is 266 Å². The highest BCUT2D eigenvalue weighted by molar-refractivity contribution is 6.30. The van der Waals surface area contributed by atoms with Gasteiger partial charge in [0.25, 0.3) is 0 Å².